The molecule has 2 rings (SSSR count). The largest absolute Gasteiger partial charge is 0.374 e. The smallest absolute Gasteiger partial charge is 0.0992 e. The van der Waals surface area contributed by atoms with Gasteiger partial charge in [0.05, 0.1) is 11.6 Å². The Morgan fingerprint density at radius 3 is 2.81 bits per heavy atom. The van der Waals surface area contributed by atoms with Gasteiger partial charge in [0.25, 0.3) is 0 Å². The average Bonchev–Trinajstić information content (AvgIpc) is 3.09. The van der Waals surface area contributed by atoms with Crippen molar-refractivity contribution in [1.29, 1.82) is 5.26 Å². The zero-order valence-electron chi connectivity index (χ0n) is 9.41. The van der Waals surface area contributed by atoms with Gasteiger partial charge in [-0.3, -0.25) is 0 Å². The van der Waals surface area contributed by atoms with Gasteiger partial charge in [0, 0.05) is 24.6 Å². The van der Waals surface area contributed by atoms with Crippen LogP contribution in [-0.2, 0) is 0 Å². The molecule has 0 radical (unpaired) electrons. The summed E-state index contributed by atoms with van der Waals surface area (Å²) < 4.78 is 0. The van der Waals surface area contributed by atoms with Gasteiger partial charge >= 0.3 is 0 Å². The molecule has 2 nitrogen and oxygen atoms in total. The van der Waals surface area contributed by atoms with E-state index in [1.807, 2.05) is 18.2 Å². The number of nitrogens with zero attached hydrogens (tertiary/aromatic N) is 2. The molecular formula is C13H15BrN2. The summed E-state index contributed by atoms with van der Waals surface area (Å²) in [6, 6.07) is 9.97. The minimum Gasteiger partial charge on any atom is -0.374 e. The predicted octanol–water partition coefficient (Wildman–Crippen LogP) is 3.17. The molecule has 0 atom stereocenters. The number of rotatable bonds is 4. The highest BCUT2D eigenvalue weighted by atomic mass is 79.9. The van der Waals surface area contributed by atoms with Crippen LogP contribution in [-0.4, -0.2) is 18.9 Å². The van der Waals surface area contributed by atoms with Crippen LogP contribution in [0, 0.1) is 16.7 Å². The van der Waals surface area contributed by atoms with Crippen molar-refractivity contribution < 1.29 is 0 Å². The first-order chi connectivity index (χ1) is 7.69. The van der Waals surface area contributed by atoms with Gasteiger partial charge in [-0.15, -0.1) is 0 Å². The Labute approximate surface area is 105 Å². The van der Waals surface area contributed by atoms with Crippen molar-refractivity contribution in [3.63, 3.8) is 0 Å². The van der Waals surface area contributed by atoms with Gasteiger partial charge in [0.1, 0.15) is 0 Å². The molecular weight excluding hydrogens is 264 g/mol. The van der Waals surface area contributed by atoms with Crippen LogP contribution >= 0.6 is 15.9 Å². The first-order valence-corrected chi connectivity index (χ1v) is 6.58. The molecule has 0 aromatic heterocycles. The third-order valence-electron chi connectivity index (χ3n) is 3.23. The van der Waals surface area contributed by atoms with Gasteiger partial charge in [0.2, 0.25) is 0 Å². The lowest BCUT2D eigenvalue weighted by atomic mass is 10.1. The zero-order valence-corrected chi connectivity index (χ0v) is 11.0. The van der Waals surface area contributed by atoms with E-state index >= 15 is 0 Å². The van der Waals surface area contributed by atoms with E-state index in [2.05, 4.69) is 40.0 Å². The Kier molecular flexibility index (Phi) is 3.20. The summed E-state index contributed by atoms with van der Waals surface area (Å²) in [6.45, 7) is 1.06. The second kappa shape index (κ2) is 4.47. The van der Waals surface area contributed by atoms with E-state index in [1.165, 1.54) is 12.8 Å². The van der Waals surface area contributed by atoms with E-state index in [-0.39, 0.29) is 0 Å². The molecule has 84 valence electrons. The van der Waals surface area contributed by atoms with Crippen molar-refractivity contribution in [2.24, 2.45) is 5.41 Å². The minimum atomic E-state index is 0.470. The average molecular weight is 279 g/mol. The highest BCUT2D eigenvalue weighted by Gasteiger charge is 2.42. The molecule has 0 amide bonds. The lowest BCUT2D eigenvalue weighted by molar-refractivity contribution is 0.584. The number of hydrogen-bond donors (Lipinski definition) is 0. The van der Waals surface area contributed by atoms with Crippen LogP contribution in [0.5, 0.6) is 0 Å². The number of hydrogen-bond acceptors (Lipinski definition) is 2. The van der Waals surface area contributed by atoms with Crippen molar-refractivity contribution in [3.8, 4) is 6.07 Å². The van der Waals surface area contributed by atoms with Crippen LogP contribution in [0.2, 0.25) is 0 Å². The fraction of sp³-hybridized carbons (Fsp3) is 0.462. The monoisotopic (exact) mass is 278 g/mol. The Balaban J connectivity index is 2.09. The molecule has 1 aromatic rings. The van der Waals surface area contributed by atoms with E-state index in [9.17, 15) is 0 Å². The van der Waals surface area contributed by atoms with Gasteiger partial charge in [0.15, 0.2) is 0 Å². The van der Waals surface area contributed by atoms with Gasteiger partial charge in [-0.05, 0) is 36.5 Å². The highest BCUT2D eigenvalue weighted by molar-refractivity contribution is 9.09. The van der Waals surface area contributed by atoms with E-state index in [0.29, 0.717) is 5.41 Å². The predicted molar refractivity (Wildman–Crippen MR) is 69.9 cm³/mol. The Bertz CT molecular complexity index is 418. The van der Waals surface area contributed by atoms with Gasteiger partial charge in [-0.1, -0.05) is 22.0 Å². The summed E-state index contributed by atoms with van der Waals surface area (Å²) in [5, 5.41) is 9.93. The summed E-state index contributed by atoms with van der Waals surface area (Å²) >= 11 is 3.58. The number of nitriles is 1. The second-order valence-electron chi connectivity index (χ2n) is 4.65. The number of anilines is 1. The maximum absolute atomic E-state index is 8.86. The molecule has 3 heteroatoms. The normalized spacial score (nSPS) is 16.6. The van der Waals surface area contributed by atoms with Crippen LogP contribution in [0.15, 0.2) is 24.3 Å². The summed E-state index contributed by atoms with van der Waals surface area (Å²) in [7, 11) is 2.10. The second-order valence-corrected chi connectivity index (χ2v) is 5.21. The zero-order chi connectivity index (χ0) is 11.6. The first kappa shape index (κ1) is 11.5. The maximum atomic E-state index is 8.86. The van der Waals surface area contributed by atoms with Crippen molar-refractivity contribution in [1.82, 2.24) is 0 Å². The standard InChI is InChI=1S/C13H15BrN2/c1-16(10-13(9-14)5-6-13)12-4-2-3-11(7-12)8-15/h2-4,7H,5-6,9-10H2,1H3. The summed E-state index contributed by atoms with van der Waals surface area (Å²) in [5.74, 6) is 0. The molecule has 0 unspecified atom stereocenters. The van der Waals surface area contributed by atoms with Gasteiger partial charge in [-0.2, -0.15) is 5.26 Å². The molecule has 0 aliphatic heterocycles. The van der Waals surface area contributed by atoms with Crippen LogP contribution in [0.3, 0.4) is 0 Å². The van der Waals surface area contributed by atoms with Crippen LogP contribution in [0.4, 0.5) is 5.69 Å². The SMILES string of the molecule is CN(CC1(CBr)CC1)c1cccc(C#N)c1. The fourth-order valence-corrected chi connectivity index (χ4v) is 2.66. The quantitative estimate of drug-likeness (QED) is 0.791. The molecule has 0 spiro atoms. The van der Waals surface area contributed by atoms with Crippen molar-refractivity contribution >= 4 is 21.6 Å². The molecule has 16 heavy (non-hydrogen) atoms. The first-order valence-electron chi connectivity index (χ1n) is 5.46. The van der Waals surface area contributed by atoms with Crippen molar-refractivity contribution in [2.75, 3.05) is 23.8 Å². The molecule has 1 fully saturated rings. The Morgan fingerprint density at radius 1 is 1.50 bits per heavy atom. The molecule has 0 N–H and O–H groups in total. The van der Waals surface area contributed by atoms with Crippen LogP contribution < -0.4 is 4.90 Å². The van der Waals surface area contributed by atoms with Gasteiger partial charge in [-0.25, -0.2) is 0 Å². The summed E-state index contributed by atoms with van der Waals surface area (Å²) in [4.78, 5) is 2.25. The number of alkyl halides is 1. The van der Waals surface area contributed by atoms with Crippen molar-refractivity contribution in [2.45, 2.75) is 12.8 Å². The molecule has 1 aliphatic rings. The third kappa shape index (κ3) is 2.38. The molecule has 1 aromatic carbocycles. The number of halogens is 1. The summed E-state index contributed by atoms with van der Waals surface area (Å²) in [5.41, 5.74) is 2.33. The molecule has 0 bridgehead atoms. The van der Waals surface area contributed by atoms with E-state index in [0.717, 1.165) is 23.1 Å². The number of benzene rings is 1. The maximum Gasteiger partial charge on any atom is 0.0992 e. The Hall–Kier alpha value is -1.01. The minimum absolute atomic E-state index is 0.470. The lowest BCUT2D eigenvalue weighted by Crippen LogP contribution is -2.27. The topological polar surface area (TPSA) is 27.0 Å². The van der Waals surface area contributed by atoms with Crippen molar-refractivity contribution in [3.05, 3.63) is 29.8 Å². The third-order valence-corrected chi connectivity index (χ3v) is 4.42. The fourth-order valence-electron chi connectivity index (χ4n) is 1.92. The highest BCUT2D eigenvalue weighted by Crippen LogP contribution is 2.47. The lowest BCUT2D eigenvalue weighted by Gasteiger charge is -2.24. The van der Waals surface area contributed by atoms with Gasteiger partial charge < -0.3 is 4.90 Å². The molecule has 1 saturated carbocycles. The molecule has 0 heterocycles. The van der Waals surface area contributed by atoms with E-state index in [4.69, 9.17) is 5.26 Å². The Morgan fingerprint density at radius 2 is 2.25 bits per heavy atom. The summed E-state index contributed by atoms with van der Waals surface area (Å²) in [6.07, 6.45) is 2.61. The van der Waals surface area contributed by atoms with E-state index in [1.54, 1.807) is 0 Å². The van der Waals surface area contributed by atoms with E-state index < -0.39 is 0 Å². The van der Waals surface area contributed by atoms with Crippen LogP contribution in [0.25, 0.3) is 0 Å². The van der Waals surface area contributed by atoms with Crippen LogP contribution in [0.1, 0.15) is 18.4 Å². The molecule has 0 saturated heterocycles. The molecule has 1 aliphatic carbocycles.